The fraction of sp³-hybridized carbons (Fsp3) is 0.360. The van der Waals surface area contributed by atoms with Crippen LogP contribution in [0.15, 0.2) is 40.9 Å². The van der Waals surface area contributed by atoms with Gasteiger partial charge in [0.25, 0.3) is 0 Å². The van der Waals surface area contributed by atoms with Crippen LogP contribution in [0.2, 0.25) is 0 Å². The van der Waals surface area contributed by atoms with Gasteiger partial charge in [-0.05, 0) is 96.5 Å². The Kier molecular flexibility index (Phi) is 7.64. The zero-order chi connectivity index (χ0) is 22.6. The molecule has 0 N–H and O–H groups in total. The number of allylic oxidation sites excluding steroid dienone is 1. The molecule has 0 heterocycles. The predicted molar refractivity (Wildman–Crippen MR) is 124 cm³/mol. The van der Waals surface area contributed by atoms with Gasteiger partial charge in [-0.3, -0.25) is 4.79 Å². The van der Waals surface area contributed by atoms with Crippen molar-refractivity contribution in [2.45, 2.75) is 60.2 Å². The number of carbonyl (C=O) groups excluding carboxylic acids is 2. The van der Waals surface area contributed by atoms with Gasteiger partial charge in [0, 0.05) is 21.2 Å². The highest BCUT2D eigenvalue weighted by Crippen LogP contribution is 2.33. The third kappa shape index (κ3) is 6.30. The van der Waals surface area contributed by atoms with Crippen LogP contribution >= 0.6 is 15.9 Å². The van der Waals surface area contributed by atoms with Crippen LogP contribution in [-0.2, 0) is 4.74 Å². The second-order valence-corrected chi connectivity index (χ2v) is 9.40. The monoisotopic (exact) mass is 472 g/mol. The lowest BCUT2D eigenvalue weighted by atomic mass is 9.96. The normalized spacial score (nSPS) is 11.8. The molecule has 0 spiro atoms. The van der Waals surface area contributed by atoms with E-state index in [0.717, 1.165) is 15.6 Å². The number of halogens is 1. The average Bonchev–Trinajstić information content (AvgIpc) is 2.61. The van der Waals surface area contributed by atoms with Gasteiger partial charge in [0.05, 0.1) is 11.7 Å². The summed E-state index contributed by atoms with van der Waals surface area (Å²) in [7, 11) is 0. The summed E-state index contributed by atoms with van der Waals surface area (Å²) in [6.07, 6.45) is 3.17. The molecule has 2 rings (SSSR count). The first-order valence-corrected chi connectivity index (χ1v) is 10.7. The Bertz CT molecular complexity index is 964. The van der Waals surface area contributed by atoms with Crippen molar-refractivity contribution in [3.05, 3.63) is 68.7 Å². The van der Waals surface area contributed by atoms with Crippen molar-refractivity contribution in [1.29, 1.82) is 0 Å². The van der Waals surface area contributed by atoms with Crippen molar-refractivity contribution in [2.24, 2.45) is 0 Å². The van der Waals surface area contributed by atoms with E-state index in [1.54, 1.807) is 18.2 Å². The molecule has 0 unspecified atom stereocenters. The van der Waals surface area contributed by atoms with Gasteiger partial charge < -0.3 is 9.47 Å². The molecule has 2 aromatic rings. The average molecular weight is 473 g/mol. The van der Waals surface area contributed by atoms with Crippen LogP contribution in [0.4, 0.5) is 0 Å². The number of rotatable bonds is 6. The second-order valence-electron chi connectivity index (χ2n) is 8.48. The molecule has 0 amide bonds. The molecule has 0 aliphatic heterocycles. The van der Waals surface area contributed by atoms with Gasteiger partial charge in [0.1, 0.15) is 11.4 Å². The summed E-state index contributed by atoms with van der Waals surface area (Å²) in [6.45, 7) is 13.1. The number of hydrogen-bond donors (Lipinski definition) is 0. The molecule has 0 fully saturated rings. The van der Waals surface area contributed by atoms with E-state index in [-0.39, 0.29) is 17.9 Å². The van der Waals surface area contributed by atoms with Gasteiger partial charge in [0.2, 0.25) is 0 Å². The van der Waals surface area contributed by atoms with Gasteiger partial charge in [-0.15, -0.1) is 0 Å². The number of aryl methyl sites for hydroxylation is 1. The fourth-order valence-corrected chi connectivity index (χ4v) is 3.30. The van der Waals surface area contributed by atoms with E-state index in [1.807, 2.05) is 66.7 Å². The first-order chi connectivity index (χ1) is 13.9. The zero-order valence-electron chi connectivity index (χ0n) is 18.6. The van der Waals surface area contributed by atoms with E-state index >= 15 is 0 Å². The van der Waals surface area contributed by atoms with Crippen molar-refractivity contribution < 1.29 is 19.1 Å². The Balaban J connectivity index is 2.47. The smallest absolute Gasteiger partial charge is 0.339 e. The molecule has 0 saturated heterocycles. The number of carbonyl (C=O) groups is 2. The highest BCUT2D eigenvalue weighted by atomic mass is 79.9. The number of benzene rings is 2. The Morgan fingerprint density at radius 3 is 2.20 bits per heavy atom. The van der Waals surface area contributed by atoms with Crippen LogP contribution in [0.25, 0.3) is 6.08 Å². The van der Waals surface area contributed by atoms with Crippen molar-refractivity contribution >= 4 is 33.8 Å². The lowest BCUT2D eigenvalue weighted by Gasteiger charge is -2.23. The van der Waals surface area contributed by atoms with Crippen LogP contribution in [-0.4, -0.2) is 23.5 Å². The Morgan fingerprint density at radius 1 is 1.07 bits per heavy atom. The van der Waals surface area contributed by atoms with Crippen LogP contribution < -0.4 is 4.74 Å². The minimum Gasteiger partial charge on any atom is -0.490 e. The molecular weight excluding hydrogens is 444 g/mol. The Labute approximate surface area is 187 Å². The van der Waals surface area contributed by atoms with Crippen LogP contribution in [0.5, 0.6) is 5.75 Å². The summed E-state index contributed by atoms with van der Waals surface area (Å²) in [5.74, 6) is 0.0911. The van der Waals surface area contributed by atoms with E-state index in [0.29, 0.717) is 22.4 Å². The summed E-state index contributed by atoms with van der Waals surface area (Å²) >= 11 is 3.37. The predicted octanol–water partition coefficient (Wildman–Crippen LogP) is 6.70. The summed E-state index contributed by atoms with van der Waals surface area (Å²) < 4.78 is 12.5. The quantitative estimate of drug-likeness (QED) is 0.266. The molecule has 0 bridgehead atoms. The van der Waals surface area contributed by atoms with Crippen LogP contribution in [0.1, 0.15) is 72.0 Å². The molecule has 5 heteroatoms. The number of hydrogen-bond acceptors (Lipinski definition) is 4. The second kappa shape index (κ2) is 9.61. The number of ether oxygens (including phenoxy) is 2. The standard InChI is InChI=1S/C25H29BrO4/c1-15(2)29-23-17(4)22(24(28)30-25(5,6)7)16(3)14-19(23)10-13-21(27)18-8-11-20(26)12-9-18/h8-15H,1-7H3. The van der Waals surface area contributed by atoms with E-state index < -0.39 is 5.60 Å². The molecule has 4 nitrogen and oxygen atoms in total. The molecule has 0 saturated carbocycles. The Morgan fingerprint density at radius 2 is 1.67 bits per heavy atom. The molecule has 30 heavy (non-hydrogen) atoms. The lowest BCUT2D eigenvalue weighted by Crippen LogP contribution is -2.25. The summed E-state index contributed by atoms with van der Waals surface area (Å²) in [5, 5.41) is 0. The van der Waals surface area contributed by atoms with Crippen LogP contribution in [0.3, 0.4) is 0 Å². The minimum absolute atomic E-state index is 0.0905. The number of ketones is 1. The third-order valence-corrected chi connectivity index (χ3v) is 4.77. The minimum atomic E-state index is -0.593. The van der Waals surface area contributed by atoms with Gasteiger partial charge in [-0.1, -0.05) is 15.9 Å². The van der Waals surface area contributed by atoms with Gasteiger partial charge in [0.15, 0.2) is 5.78 Å². The van der Waals surface area contributed by atoms with Crippen molar-refractivity contribution in [2.75, 3.05) is 0 Å². The summed E-state index contributed by atoms with van der Waals surface area (Å²) in [4.78, 5) is 25.3. The summed E-state index contributed by atoms with van der Waals surface area (Å²) in [5.41, 5.74) is 2.72. The maximum absolute atomic E-state index is 12.8. The zero-order valence-corrected chi connectivity index (χ0v) is 20.2. The number of esters is 1. The highest BCUT2D eigenvalue weighted by molar-refractivity contribution is 9.10. The van der Waals surface area contributed by atoms with Gasteiger partial charge in [-0.25, -0.2) is 4.79 Å². The first kappa shape index (κ1) is 23.9. The van der Waals surface area contributed by atoms with Gasteiger partial charge in [-0.2, -0.15) is 0 Å². The van der Waals surface area contributed by atoms with E-state index in [4.69, 9.17) is 9.47 Å². The molecule has 0 atom stereocenters. The van der Waals surface area contributed by atoms with E-state index in [1.165, 1.54) is 6.08 Å². The van der Waals surface area contributed by atoms with E-state index in [2.05, 4.69) is 15.9 Å². The maximum atomic E-state index is 12.8. The highest BCUT2D eigenvalue weighted by Gasteiger charge is 2.24. The van der Waals surface area contributed by atoms with Gasteiger partial charge >= 0.3 is 5.97 Å². The van der Waals surface area contributed by atoms with Crippen LogP contribution in [0, 0.1) is 13.8 Å². The summed E-state index contributed by atoms with van der Waals surface area (Å²) in [6, 6.07) is 9.06. The first-order valence-electron chi connectivity index (χ1n) is 9.91. The van der Waals surface area contributed by atoms with Crippen molar-refractivity contribution in [3.63, 3.8) is 0 Å². The molecule has 160 valence electrons. The topological polar surface area (TPSA) is 52.6 Å². The molecule has 2 aromatic carbocycles. The molecular formula is C25H29BrO4. The maximum Gasteiger partial charge on any atom is 0.339 e. The van der Waals surface area contributed by atoms with Crippen molar-refractivity contribution in [1.82, 2.24) is 0 Å². The van der Waals surface area contributed by atoms with E-state index in [9.17, 15) is 9.59 Å². The SMILES string of the molecule is Cc1cc(C=CC(=O)c2ccc(Br)cc2)c(OC(C)C)c(C)c1C(=O)OC(C)(C)C. The molecule has 0 aromatic heterocycles. The molecule has 0 aliphatic rings. The largest absolute Gasteiger partial charge is 0.490 e. The third-order valence-electron chi connectivity index (χ3n) is 4.24. The van der Waals surface area contributed by atoms with Crippen molar-refractivity contribution in [3.8, 4) is 5.75 Å². The molecule has 0 radical (unpaired) electrons. The lowest BCUT2D eigenvalue weighted by molar-refractivity contribution is 0.00671. The molecule has 0 aliphatic carbocycles. The Hall–Kier alpha value is -2.40. The fourth-order valence-electron chi connectivity index (χ4n) is 3.03.